The minimum atomic E-state index is -1.43. The minimum absolute atomic E-state index is 0.0723. The summed E-state index contributed by atoms with van der Waals surface area (Å²) in [5.41, 5.74) is 10.4. The van der Waals surface area contributed by atoms with E-state index in [1.54, 1.807) is 30.5 Å². The van der Waals surface area contributed by atoms with Crippen LogP contribution in [0.5, 0.6) is 11.5 Å². The molecule has 0 bridgehead atoms. The fourth-order valence-corrected chi connectivity index (χ4v) is 4.16. The number of aliphatic hydroxyl groups is 1. The molecular formula is C22H19ClFN3O4. The molecule has 7 nitrogen and oxygen atoms in total. The number of hydrogen-bond donors (Lipinski definition) is 3. The Hall–Kier alpha value is -3.20. The fraction of sp³-hybridized carbons (Fsp3) is 0.182. The molecule has 31 heavy (non-hydrogen) atoms. The van der Waals surface area contributed by atoms with Crippen molar-refractivity contribution in [1.29, 1.82) is 0 Å². The Bertz CT molecular complexity index is 1180. The first-order valence-corrected chi connectivity index (χ1v) is 9.71. The van der Waals surface area contributed by atoms with Gasteiger partial charge in [0, 0.05) is 34.5 Å². The Morgan fingerprint density at radius 2 is 2.06 bits per heavy atom. The third-order valence-electron chi connectivity index (χ3n) is 5.41. The standard InChI is InChI=1S/C22H19ClFN3O4/c1-30-14-7-5-11(21(26)29)16(19(14)24)17-12(23)6-8-13-18(17)20(28)22(10-25,31-13)15-4-2-3-9-27-15/h2-9,20,28H,10,25H2,1H3,(H2,26,29)/t20-,22+/m0/s1. The van der Waals surface area contributed by atoms with E-state index in [1.807, 2.05) is 0 Å². The van der Waals surface area contributed by atoms with Crippen LogP contribution < -0.4 is 20.9 Å². The van der Waals surface area contributed by atoms with Crippen molar-refractivity contribution in [3.05, 3.63) is 76.3 Å². The number of pyridine rings is 1. The number of aliphatic hydroxyl groups excluding tert-OH is 1. The molecule has 1 aromatic heterocycles. The molecule has 0 aliphatic carbocycles. The number of amides is 1. The number of fused-ring (bicyclic) bond motifs is 1. The van der Waals surface area contributed by atoms with Crippen LogP contribution in [0, 0.1) is 5.82 Å². The van der Waals surface area contributed by atoms with Crippen molar-refractivity contribution in [2.75, 3.05) is 13.7 Å². The van der Waals surface area contributed by atoms with Crippen LogP contribution in [0.2, 0.25) is 5.02 Å². The Kier molecular flexibility index (Phi) is 5.30. The van der Waals surface area contributed by atoms with Gasteiger partial charge in [0.15, 0.2) is 17.2 Å². The van der Waals surface area contributed by atoms with E-state index in [0.29, 0.717) is 5.69 Å². The molecule has 2 atom stereocenters. The molecule has 0 saturated heterocycles. The third-order valence-corrected chi connectivity index (χ3v) is 5.72. The topological polar surface area (TPSA) is 121 Å². The summed E-state index contributed by atoms with van der Waals surface area (Å²) in [5, 5.41) is 11.5. The van der Waals surface area contributed by atoms with Gasteiger partial charge in [-0.25, -0.2) is 4.39 Å². The zero-order valence-corrected chi connectivity index (χ0v) is 17.2. The highest BCUT2D eigenvalue weighted by molar-refractivity contribution is 6.34. The monoisotopic (exact) mass is 443 g/mol. The smallest absolute Gasteiger partial charge is 0.249 e. The molecule has 0 fully saturated rings. The van der Waals surface area contributed by atoms with Crippen LogP contribution in [-0.2, 0) is 5.60 Å². The molecule has 1 amide bonds. The number of ether oxygens (including phenoxy) is 2. The van der Waals surface area contributed by atoms with Crippen molar-refractivity contribution in [3.63, 3.8) is 0 Å². The van der Waals surface area contributed by atoms with Crippen molar-refractivity contribution in [1.82, 2.24) is 4.98 Å². The number of carbonyl (C=O) groups excluding carboxylic acids is 1. The molecule has 9 heteroatoms. The molecule has 5 N–H and O–H groups in total. The molecule has 1 aliphatic rings. The number of aromatic nitrogens is 1. The van der Waals surface area contributed by atoms with Gasteiger partial charge in [-0.15, -0.1) is 0 Å². The normalized spacial score (nSPS) is 19.6. The lowest BCUT2D eigenvalue weighted by atomic mass is 9.85. The number of hydrogen-bond acceptors (Lipinski definition) is 6. The van der Waals surface area contributed by atoms with Crippen LogP contribution >= 0.6 is 11.6 Å². The highest BCUT2D eigenvalue weighted by atomic mass is 35.5. The molecule has 1 aliphatic heterocycles. The lowest BCUT2D eigenvalue weighted by Crippen LogP contribution is -2.43. The summed E-state index contributed by atoms with van der Waals surface area (Å²) in [4.78, 5) is 16.4. The summed E-state index contributed by atoms with van der Waals surface area (Å²) >= 11 is 6.46. The van der Waals surface area contributed by atoms with Gasteiger partial charge >= 0.3 is 0 Å². The van der Waals surface area contributed by atoms with Gasteiger partial charge in [0.25, 0.3) is 0 Å². The summed E-state index contributed by atoms with van der Waals surface area (Å²) in [6, 6.07) is 10.8. The first-order chi connectivity index (χ1) is 14.9. The Balaban J connectivity index is 2.02. The Morgan fingerprint density at radius 1 is 1.29 bits per heavy atom. The summed E-state index contributed by atoms with van der Waals surface area (Å²) < 4.78 is 26.6. The number of rotatable bonds is 5. The van der Waals surface area contributed by atoms with Crippen LogP contribution in [0.3, 0.4) is 0 Å². The molecule has 0 saturated carbocycles. The van der Waals surface area contributed by atoms with Crippen LogP contribution in [0.1, 0.15) is 27.7 Å². The van der Waals surface area contributed by atoms with Gasteiger partial charge in [-0.05, 0) is 36.4 Å². The largest absolute Gasteiger partial charge is 0.494 e. The number of benzene rings is 2. The lowest BCUT2D eigenvalue weighted by molar-refractivity contribution is -0.0287. The van der Waals surface area contributed by atoms with E-state index in [1.165, 1.54) is 25.3 Å². The second-order valence-corrected chi connectivity index (χ2v) is 7.42. The third kappa shape index (κ3) is 3.11. The van der Waals surface area contributed by atoms with Gasteiger partial charge in [0.1, 0.15) is 11.9 Å². The maximum Gasteiger partial charge on any atom is 0.249 e. The van der Waals surface area contributed by atoms with Crippen molar-refractivity contribution >= 4 is 17.5 Å². The first kappa shape index (κ1) is 21.0. The second kappa shape index (κ2) is 7.81. The average Bonchev–Trinajstić information content (AvgIpc) is 3.07. The summed E-state index contributed by atoms with van der Waals surface area (Å²) in [6.45, 7) is -0.125. The van der Waals surface area contributed by atoms with Gasteiger partial charge in [-0.1, -0.05) is 17.7 Å². The highest BCUT2D eigenvalue weighted by Crippen LogP contribution is 2.54. The molecule has 3 aromatic rings. The van der Waals surface area contributed by atoms with Crippen LogP contribution in [0.4, 0.5) is 4.39 Å². The van der Waals surface area contributed by atoms with E-state index in [4.69, 9.17) is 32.5 Å². The second-order valence-electron chi connectivity index (χ2n) is 7.02. The minimum Gasteiger partial charge on any atom is -0.494 e. The zero-order valence-electron chi connectivity index (χ0n) is 16.4. The molecule has 2 heterocycles. The van der Waals surface area contributed by atoms with Gasteiger partial charge < -0.3 is 26.0 Å². The van der Waals surface area contributed by atoms with E-state index in [2.05, 4.69) is 4.98 Å². The SMILES string of the molecule is COc1ccc(C(N)=O)c(-c2c(Cl)ccc3c2[C@H](O)[C@@](CN)(c2ccccn2)O3)c1F. The maximum atomic E-state index is 15.4. The van der Waals surface area contributed by atoms with Crippen LogP contribution in [0.15, 0.2) is 48.7 Å². The van der Waals surface area contributed by atoms with Crippen LogP contribution in [-0.4, -0.2) is 29.7 Å². The Morgan fingerprint density at radius 3 is 2.68 bits per heavy atom. The number of methoxy groups -OCH3 is 1. The van der Waals surface area contributed by atoms with E-state index < -0.39 is 23.4 Å². The van der Waals surface area contributed by atoms with Crippen molar-refractivity contribution in [2.45, 2.75) is 11.7 Å². The van der Waals surface area contributed by atoms with Crippen molar-refractivity contribution in [3.8, 4) is 22.6 Å². The van der Waals surface area contributed by atoms with Crippen molar-refractivity contribution in [2.24, 2.45) is 11.5 Å². The number of primary amides is 1. The molecule has 2 aromatic carbocycles. The summed E-state index contributed by atoms with van der Waals surface area (Å²) in [5.74, 6) is -1.59. The molecule has 160 valence electrons. The molecule has 0 spiro atoms. The van der Waals surface area contributed by atoms with Crippen molar-refractivity contribution < 1.29 is 23.8 Å². The van der Waals surface area contributed by atoms with Gasteiger partial charge in [0.2, 0.25) is 5.91 Å². The predicted molar refractivity (Wildman–Crippen MR) is 112 cm³/mol. The highest BCUT2D eigenvalue weighted by Gasteiger charge is 2.51. The van der Waals surface area contributed by atoms with E-state index in [9.17, 15) is 9.90 Å². The van der Waals surface area contributed by atoms with Gasteiger partial charge in [-0.3, -0.25) is 9.78 Å². The summed E-state index contributed by atoms with van der Waals surface area (Å²) in [7, 11) is 1.29. The molecule has 0 unspecified atom stereocenters. The molecule has 0 radical (unpaired) electrons. The zero-order chi connectivity index (χ0) is 22.3. The fourth-order valence-electron chi connectivity index (χ4n) is 3.90. The first-order valence-electron chi connectivity index (χ1n) is 9.33. The molecular weight excluding hydrogens is 425 g/mol. The number of nitrogens with zero attached hydrogens (tertiary/aromatic N) is 1. The number of carbonyl (C=O) groups is 1. The quantitative estimate of drug-likeness (QED) is 0.557. The average molecular weight is 444 g/mol. The Labute approximate surface area is 182 Å². The molecule has 4 rings (SSSR count). The number of nitrogens with two attached hydrogens (primary N) is 2. The van der Waals surface area contributed by atoms with E-state index >= 15 is 4.39 Å². The van der Waals surface area contributed by atoms with Gasteiger partial charge in [-0.2, -0.15) is 0 Å². The lowest BCUT2D eigenvalue weighted by Gasteiger charge is -2.30. The predicted octanol–water partition coefficient (Wildman–Crippen LogP) is 2.93. The number of halogens is 2. The summed E-state index contributed by atoms with van der Waals surface area (Å²) in [6.07, 6.45) is 0.189. The van der Waals surface area contributed by atoms with Gasteiger partial charge in [0.05, 0.1) is 18.4 Å². The van der Waals surface area contributed by atoms with Crippen LogP contribution in [0.25, 0.3) is 11.1 Å². The van der Waals surface area contributed by atoms with E-state index in [0.717, 1.165) is 0 Å². The maximum absolute atomic E-state index is 15.4. The van der Waals surface area contributed by atoms with E-state index in [-0.39, 0.29) is 45.3 Å².